The highest BCUT2D eigenvalue weighted by Gasteiger charge is 2.13. The number of carbonyl (C=O) groups excluding carboxylic acids is 2. The van der Waals surface area contributed by atoms with Crippen LogP contribution in [0.25, 0.3) is 0 Å². The highest BCUT2D eigenvalue weighted by atomic mass is 35.5. The second kappa shape index (κ2) is 9.51. The van der Waals surface area contributed by atoms with E-state index in [2.05, 4.69) is 5.32 Å². The van der Waals surface area contributed by atoms with Crippen molar-refractivity contribution < 1.29 is 14.3 Å². The lowest BCUT2D eigenvalue weighted by Crippen LogP contribution is -2.13. The molecule has 0 spiro atoms. The van der Waals surface area contributed by atoms with Crippen molar-refractivity contribution in [2.75, 3.05) is 11.9 Å². The number of hydrogen-bond acceptors (Lipinski definition) is 3. The number of rotatable bonds is 6. The summed E-state index contributed by atoms with van der Waals surface area (Å²) in [4.78, 5) is 24.6. The molecule has 1 N–H and O–H groups in total. The van der Waals surface area contributed by atoms with E-state index in [0.29, 0.717) is 32.6 Å². The van der Waals surface area contributed by atoms with Gasteiger partial charge in [-0.15, -0.1) is 0 Å². The van der Waals surface area contributed by atoms with Crippen LogP contribution >= 0.6 is 46.4 Å². The Labute approximate surface area is 187 Å². The lowest BCUT2D eigenvalue weighted by molar-refractivity contribution is 0.0921. The monoisotopic (exact) mass is 467 g/mol. The number of anilines is 1. The standard InChI is InChI=1S/C21H13Cl4NO3/c22-12-1-7-16(18(24)9-12)20(27)11-29-15-5-3-14(4-6-15)26-21(28)17-8-2-13(23)10-19(17)25/h1-10H,11H2,(H,26,28). The number of ketones is 1. The fraction of sp³-hybridized carbons (Fsp3) is 0.0476. The van der Waals surface area contributed by atoms with Gasteiger partial charge in [-0.05, 0) is 60.7 Å². The number of ether oxygens (including phenoxy) is 1. The van der Waals surface area contributed by atoms with Crippen molar-refractivity contribution >= 4 is 63.8 Å². The summed E-state index contributed by atoms with van der Waals surface area (Å²) in [5.41, 5.74) is 1.18. The van der Waals surface area contributed by atoms with Gasteiger partial charge in [0.2, 0.25) is 5.78 Å². The summed E-state index contributed by atoms with van der Waals surface area (Å²) in [5, 5.41) is 4.15. The van der Waals surface area contributed by atoms with Crippen molar-refractivity contribution in [1.82, 2.24) is 0 Å². The Bertz CT molecular complexity index is 1070. The molecule has 0 aliphatic heterocycles. The summed E-state index contributed by atoms with van der Waals surface area (Å²) in [6.45, 7) is -0.187. The van der Waals surface area contributed by atoms with Crippen LogP contribution in [0.2, 0.25) is 20.1 Å². The maximum Gasteiger partial charge on any atom is 0.257 e. The van der Waals surface area contributed by atoms with Gasteiger partial charge in [0.1, 0.15) is 5.75 Å². The van der Waals surface area contributed by atoms with E-state index >= 15 is 0 Å². The summed E-state index contributed by atoms with van der Waals surface area (Å²) >= 11 is 23.7. The second-order valence-electron chi connectivity index (χ2n) is 5.94. The van der Waals surface area contributed by atoms with Gasteiger partial charge in [-0.2, -0.15) is 0 Å². The maximum atomic E-state index is 12.3. The molecule has 0 aliphatic rings. The highest BCUT2D eigenvalue weighted by Crippen LogP contribution is 2.24. The van der Waals surface area contributed by atoms with Crippen LogP contribution in [-0.2, 0) is 0 Å². The van der Waals surface area contributed by atoms with Gasteiger partial charge in [0.05, 0.1) is 15.6 Å². The summed E-state index contributed by atoms with van der Waals surface area (Å²) < 4.78 is 5.49. The summed E-state index contributed by atoms with van der Waals surface area (Å²) in [5.74, 6) is -0.180. The number of Topliss-reactive ketones (excluding diaryl/α,β-unsaturated/α-hetero) is 1. The van der Waals surface area contributed by atoms with Gasteiger partial charge >= 0.3 is 0 Å². The van der Waals surface area contributed by atoms with Crippen molar-refractivity contribution in [2.24, 2.45) is 0 Å². The minimum atomic E-state index is -0.368. The Balaban J connectivity index is 1.60. The highest BCUT2D eigenvalue weighted by molar-refractivity contribution is 6.37. The van der Waals surface area contributed by atoms with E-state index in [4.69, 9.17) is 51.1 Å². The van der Waals surface area contributed by atoms with E-state index in [-0.39, 0.29) is 28.3 Å². The SMILES string of the molecule is O=C(COc1ccc(NC(=O)c2ccc(Cl)cc2Cl)cc1)c1ccc(Cl)cc1Cl. The minimum absolute atomic E-state index is 0.187. The van der Waals surface area contributed by atoms with Crippen molar-refractivity contribution in [1.29, 1.82) is 0 Å². The molecule has 0 atom stereocenters. The van der Waals surface area contributed by atoms with Gasteiger partial charge < -0.3 is 10.1 Å². The Morgan fingerprint density at radius 1 is 0.759 bits per heavy atom. The van der Waals surface area contributed by atoms with Crippen LogP contribution < -0.4 is 10.1 Å². The quantitative estimate of drug-likeness (QED) is 0.404. The molecule has 148 valence electrons. The van der Waals surface area contributed by atoms with Crippen LogP contribution in [-0.4, -0.2) is 18.3 Å². The smallest absolute Gasteiger partial charge is 0.257 e. The second-order valence-corrected chi connectivity index (χ2v) is 7.63. The molecule has 3 rings (SSSR count). The number of amides is 1. The van der Waals surface area contributed by atoms with E-state index in [1.807, 2.05) is 0 Å². The normalized spacial score (nSPS) is 10.5. The molecule has 4 nitrogen and oxygen atoms in total. The van der Waals surface area contributed by atoms with Gasteiger partial charge in [-0.25, -0.2) is 0 Å². The van der Waals surface area contributed by atoms with Crippen molar-refractivity contribution in [3.8, 4) is 5.75 Å². The molecular formula is C21H13Cl4NO3. The molecule has 0 radical (unpaired) electrons. The fourth-order valence-corrected chi connectivity index (χ4v) is 3.46. The Morgan fingerprint density at radius 3 is 1.86 bits per heavy atom. The summed E-state index contributed by atoms with van der Waals surface area (Å²) in [6.07, 6.45) is 0. The molecule has 0 aromatic heterocycles. The predicted molar refractivity (Wildman–Crippen MR) is 117 cm³/mol. The van der Waals surface area contributed by atoms with E-state index in [1.165, 1.54) is 12.1 Å². The Morgan fingerprint density at radius 2 is 1.31 bits per heavy atom. The van der Waals surface area contributed by atoms with Crippen LogP contribution in [0.3, 0.4) is 0 Å². The first-order valence-electron chi connectivity index (χ1n) is 8.31. The molecule has 0 fully saturated rings. The molecule has 3 aromatic rings. The summed E-state index contributed by atoms with van der Waals surface area (Å²) in [6, 6.07) is 15.8. The molecule has 0 bridgehead atoms. The Hall–Kier alpha value is -2.24. The van der Waals surface area contributed by atoms with Gasteiger partial charge in [-0.3, -0.25) is 9.59 Å². The van der Waals surface area contributed by atoms with Gasteiger partial charge in [0, 0.05) is 21.3 Å². The molecule has 3 aromatic carbocycles. The van der Waals surface area contributed by atoms with Crippen LogP contribution in [0.15, 0.2) is 60.7 Å². The lowest BCUT2D eigenvalue weighted by Gasteiger charge is -2.09. The van der Waals surface area contributed by atoms with Crippen LogP contribution in [0.4, 0.5) is 5.69 Å². The molecule has 0 heterocycles. The number of benzene rings is 3. The third-order valence-electron chi connectivity index (χ3n) is 3.89. The Kier molecular flexibility index (Phi) is 7.04. The lowest BCUT2D eigenvalue weighted by atomic mass is 10.1. The van der Waals surface area contributed by atoms with E-state index in [9.17, 15) is 9.59 Å². The molecule has 29 heavy (non-hydrogen) atoms. The zero-order valence-corrected chi connectivity index (χ0v) is 17.7. The molecule has 0 saturated heterocycles. The first-order chi connectivity index (χ1) is 13.8. The number of nitrogens with one attached hydrogen (secondary N) is 1. The van der Waals surface area contributed by atoms with Crippen LogP contribution in [0.1, 0.15) is 20.7 Å². The van der Waals surface area contributed by atoms with Gasteiger partial charge in [0.15, 0.2) is 6.61 Å². The van der Waals surface area contributed by atoms with E-state index in [1.54, 1.807) is 48.5 Å². The van der Waals surface area contributed by atoms with Crippen LogP contribution in [0, 0.1) is 0 Å². The fourth-order valence-electron chi connectivity index (χ4n) is 2.45. The first kappa shape index (κ1) is 21.5. The number of carbonyl (C=O) groups is 2. The van der Waals surface area contributed by atoms with Crippen molar-refractivity contribution in [3.63, 3.8) is 0 Å². The third kappa shape index (κ3) is 5.64. The van der Waals surface area contributed by atoms with Gasteiger partial charge in [-0.1, -0.05) is 46.4 Å². The zero-order chi connectivity index (χ0) is 21.0. The largest absolute Gasteiger partial charge is 0.485 e. The van der Waals surface area contributed by atoms with Crippen LogP contribution in [0.5, 0.6) is 5.75 Å². The van der Waals surface area contributed by atoms with Crippen molar-refractivity contribution in [3.05, 3.63) is 91.9 Å². The van der Waals surface area contributed by atoms with E-state index in [0.717, 1.165) is 0 Å². The molecule has 1 amide bonds. The third-order valence-corrected chi connectivity index (χ3v) is 4.99. The predicted octanol–water partition coefficient (Wildman–Crippen LogP) is 6.81. The van der Waals surface area contributed by atoms with Gasteiger partial charge in [0.25, 0.3) is 5.91 Å². The minimum Gasteiger partial charge on any atom is -0.485 e. The summed E-state index contributed by atoms with van der Waals surface area (Å²) in [7, 11) is 0. The maximum absolute atomic E-state index is 12.3. The number of hydrogen-bond donors (Lipinski definition) is 1. The molecule has 8 heteroatoms. The van der Waals surface area contributed by atoms with Crippen molar-refractivity contribution in [2.45, 2.75) is 0 Å². The average molecular weight is 469 g/mol. The zero-order valence-electron chi connectivity index (χ0n) is 14.7. The first-order valence-corrected chi connectivity index (χ1v) is 9.82. The molecule has 0 aliphatic carbocycles. The molecule has 0 saturated carbocycles. The molecule has 0 unspecified atom stereocenters. The molecular weight excluding hydrogens is 456 g/mol. The topological polar surface area (TPSA) is 55.4 Å². The average Bonchev–Trinajstić information content (AvgIpc) is 2.67. The van der Waals surface area contributed by atoms with E-state index < -0.39 is 0 Å². The number of halogens is 4.